The van der Waals surface area contributed by atoms with Crippen molar-refractivity contribution in [2.45, 2.75) is 4.90 Å². The number of anilines is 1. The van der Waals surface area contributed by atoms with Crippen LogP contribution in [0.25, 0.3) is 0 Å². The summed E-state index contributed by atoms with van der Waals surface area (Å²) in [5.74, 6) is -1.53. The number of esters is 1. The number of carbonyl (C=O) groups is 1. The summed E-state index contributed by atoms with van der Waals surface area (Å²) in [6, 6.07) is 2.87. The predicted octanol–water partition coefficient (Wildman–Crippen LogP) is -0.141. The van der Waals surface area contributed by atoms with Gasteiger partial charge in [0.05, 0.1) is 12.0 Å². The lowest BCUT2D eigenvalue weighted by Gasteiger charge is -2.06. The topological polar surface area (TPSA) is 98.5 Å². The monoisotopic (exact) mass is 262 g/mol. The van der Waals surface area contributed by atoms with Crippen LogP contribution in [0.1, 0.15) is 0 Å². The number of benzene rings is 1. The maximum atomic E-state index is 13.0. The number of hydrogen-bond donors (Lipinski definition) is 2. The normalized spacial score (nSPS) is 11.2. The van der Waals surface area contributed by atoms with Crippen LogP contribution in [0.2, 0.25) is 0 Å². The second kappa shape index (κ2) is 5.11. The van der Waals surface area contributed by atoms with Crippen LogP contribution in [-0.2, 0) is 19.6 Å². The van der Waals surface area contributed by atoms with Gasteiger partial charge in [0.25, 0.3) is 0 Å². The third-order valence-corrected chi connectivity index (χ3v) is 3.22. The Hall–Kier alpha value is -1.67. The summed E-state index contributed by atoms with van der Waals surface area (Å²) in [5.41, 5.74) is 5.29. The number of methoxy groups -OCH3 is 1. The van der Waals surface area contributed by atoms with Crippen molar-refractivity contribution in [3.05, 3.63) is 24.0 Å². The molecule has 17 heavy (non-hydrogen) atoms. The molecular weight excluding hydrogens is 251 g/mol. The summed E-state index contributed by atoms with van der Waals surface area (Å²) in [4.78, 5) is 10.4. The Morgan fingerprint density at radius 2 is 2.12 bits per heavy atom. The molecular formula is C9H11FN2O4S. The van der Waals surface area contributed by atoms with E-state index in [1.807, 2.05) is 4.72 Å². The summed E-state index contributed by atoms with van der Waals surface area (Å²) >= 11 is 0. The van der Waals surface area contributed by atoms with Gasteiger partial charge in [0.15, 0.2) is 0 Å². The molecule has 94 valence electrons. The Morgan fingerprint density at radius 3 is 2.65 bits per heavy atom. The molecule has 0 spiro atoms. The van der Waals surface area contributed by atoms with Crippen molar-refractivity contribution in [3.63, 3.8) is 0 Å². The fourth-order valence-electron chi connectivity index (χ4n) is 1.05. The molecule has 0 aromatic heterocycles. The number of ether oxygens (including phenoxy) is 1. The molecule has 1 rings (SSSR count). The molecule has 3 N–H and O–H groups in total. The molecule has 6 nitrogen and oxygen atoms in total. The van der Waals surface area contributed by atoms with E-state index < -0.39 is 28.4 Å². The zero-order chi connectivity index (χ0) is 13.1. The zero-order valence-electron chi connectivity index (χ0n) is 8.94. The average molecular weight is 262 g/mol. The molecule has 1 aromatic carbocycles. The average Bonchev–Trinajstić information content (AvgIpc) is 2.24. The molecule has 0 fully saturated rings. The van der Waals surface area contributed by atoms with Crippen LogP contribution < -0.4 is 10.5 Å². The smallest absolute Gasteiger partial charge is 0.320 e. The quantitative estimate of drug-likeness (QED) is 0.581. The third kappa shape index (κ3) is 3.68. The van der Waals surface area contributed by atoms with E-state index in [1.165, 1.54) is 0 Å². The maximum Gasteiger partial charge on any atom is 0.320 e. The van der Waals surface area contributed by atoms with Crippen molar-refractivity contribution < 1.29 is 22.3 Å². The first kappa shape index (κ1) is 13.4. The Bertz CT molecular complexity index is 510. The van der Waals surface area contributed by atoms with Gasteiger partial charge in [0, 0.05) is 5.69 Å². The predicted molar refractivity (Wildman–Crippen MR) is 58.0 cm³/mol. The van der Waals surface area contributed by atoms with Crippen molar-refractivity contribution >= 4 is 21.7 Å². The van der Waals surface area contributed by atoms with Crippen molar-refractivity contribution in [2.75, 3.05) is 19.4 Å². The van der Waals surface area contributed by atoms with Crippen LogP contribution in [0, 0.1) is 5.82 Å². The molecule has 0 saturated heterocycles. The molecule has 1 aromatic rings. The van der Waals surface area contributed by atoms with Crippen molar-refractivity contribution in [1.82, 2.24) is 4.72 Å². The maximum absolute atomic E-state index is 13.0. The number of carbonyl (C=O) groups excluding carboxylic acids is 1. The highest BCUT2D eigenvalue weighted by molar-refractivity contribution is 7.89. The molecule has 0 aliphatic rings. The van der Waals surface area contributed by atoms with Crippen LogP contribution in [-0.4, -0.2) is 28.0 Å². The molecule has 0 atom stereocenters. The Balaban J connectivity index is 2.93. The zero-order valence-corrected chi connectivity index (χ0v) is 9.75. The first-order valence-corrected chi connectivity index (χ1v) is 5.96. The van der Waals surface area contributed by atoms with Gasteiger partial charge in [-0.25, -0.2) is 12.8 Å². The van der Waals surface area contributed by atoms with Crippen LogP contribution in [0.5, 0.6) is 0 Å². The number of nitrogens with two attached hydrogens (primary N) is 1. The summed E-state index contributed by atoms with van der Waals surface area (Å²) in [6.07, 6.45) is 0. The number of hydrogen-bond acceptors (Lipinski definition) is 5. The minimum atomic E-state index is -3.98. The molecule has 0 heterocycles. The summed E-state index contributed by atoms with van der Waals surface area (Å²) in [6.45, 7) is -0.532. The van der Waals surface area contributed by atoms with Gasteiger partial charge in [0.2, 0.25) is 10.0 Å². The molecule has 0 unspecified atom stereocenters. The van der Waals surface area contributed by atoms with E-state index in [1.54, 1.807) is 0 Å². The van der Waals surface area contributed by atoms with Gasteiger partial charge >= 0.3 is 5.97 Å². The number of rotatable bonds is 4. The number of nitrogen functional groups attached to an aromatic ring is 1. The molecule has 0 amide bonds. The Morgan fingerprint density at radius 1 is 1.47 bits per heavy atom. The number of halogens is 1. The Labute approximate surface area is 97.6 Å². The summed E-state index contributed by atoms with van der Waals surface area (Å²) < 4.78 is 42.4. The van der Waals surface area contributed by atoms with E-state index >= 15 is 0 Å². The first-order valence-electron chi connectivity index (χ1n) is 4.47. The van der Waals surface area contributed by atoms with Crippen molar-refractivity contribution in [3.8, 4) is 0 Å². The van der Waals surface area contributed by atoms with Crippen molar-refractivity contribution in [1.29, 1.82) is 0 Å². The van der Waals surface area contributed by atoms with E-state index in [0.717, 1.165) is 25.3 Å². The van der Waals surface area contributed by atoms with E-state index in [-0.39, 0.29) is 10.6 Å². The Kier molecular flexibility index (Phi) is 4.02. The molecule has 0 aliphatic heterocycles. The standard InChI is InChI=1S/C9H11FN2O4S/c1-16-9(13)5-12-17(14,15)8-3-6(10)2-7(11)4-8/h2-4,12H,5,11H2,1H3. The minimum absolute atomic E-state index is 0.0246. The summed E-state index contributed by atoms with van der Waals surface area (Å²) in [5, 5.41) is 0. The number of sulfonamides is 1. The lowest BCUT2D eigenvalue weighted by atomic mass is 10.3. The van der Waals surface area contributed by atoms with Crippen molar-refractivity contribution in [2.24, 2.45) is 0 Å². The van der Waals surface area contributed by atoms with E-state index in [2.05, 4.69) is 4.74 Å². The lowest BCUT2D eigenvalue weighted by molar-refractivity contribution is -0.139. The third-order valence-electron chi connectivity index (χ3n) is 1.84. The lowest BCUT2D eigenvalue weighted by Crippen LogP contribution is -2.30. The van der Waals surface area contributed by atoms with Gasteiger partial charge < -0.3 is 10.5 Å². The number of nitrogens with one attached hydrogen (secondary N) is 1. The highest BCUT2D eigenvalue weighted by Crippen LogP contribution is 2.15. The second-order valence-electron chi connectivity index (χ2n) is 3.12. The van der Waals surface area contributed by atoms with Gasteiger partial charge in [-0.2, -0.15) is 4.72 Å². The van der Waals surface area contributed by atoms with Gasteiger partial charge in [0.1, 0.15) is 12.4 Å². The van der Waals surface area contributed by atoms with E-state index in [9.17, 15) is 17.6 Å². The van der Waals surface area contributed by atoms with E-state index in [0.29, 0.717) is 0 Å². The van der Waals surface area contributed by atoms with Gasteiger partial charge in [-0.1, -0.05) is 0 Å². The molecule has 0 saturated carbocycles. The van der Waals surface area contributed by atoms with Crippen LogP contribution >= 0.6 is 0 Å². The van der Waals surface area contributed by atoms with Crippen LogP contribution in [0.4, 0.5) is 10.1 Å². The molecule has 0 aliphatic carbocycles. The second-order valence-corrected chi connectivity index (χ2v) is 4.89. The molecule has 0 bridgehead atoms. The molecule has 0 radical (unpaired) electrons. The minimum Gasteiger partial charge on any atom is -0.468 e. The highest BCUT2D eigenvalue weighted by atomic mass is 32.2. The van der Waals surface area contributed by atoms with E-state index in [4.69, 9.17) is 5.73 Å². The highest BCUT2D eigenvalue weighted by Gasteiger charge is 2.17. The fourth-order valence-corrected chi connectivity index (χ4v) is 2.08. The van der Waals surface area contributed by atoms with Gasteiger partial charge in [-0.05, 0) is 18.2 Å². The fraction of sp³-hybridized carbons (Fsp3) is 0.222. The van der Waals surface area contributed by atoms with Crippen LogP contribution in [0.15, 0.2) is 23.1 Å². The largest absolute Gasteiger partial charge is 0.468 e. The van der Waals surface area contributed by atoms with Gasteiger partial charge in [-0.15, -0.1) is 0 Å². The van der Waals surface area contributed by atoms with Crippen LogP contribution in [0.3, 0.4) is 0 Å². The molecule has 8 heteroatoms. The van der Waals surface area contributed by atoms with Gasteiger partial charge in [-0.3, -0.25) is 4.79 Å². The first-order chi connectivity index (χ1) is 7.85. The SMILES string of the molecule is COC(=O)CNS(=O)(=O)c1cc(N)cc(F)c1. The summed E-state index contributed by atoms with van der Waals surface area (Å²) in [7, 11) is -2.86.